The predicted molar refractivity (Wildman–Crippen MR) is 72.3 cm³/mol. The van der Waals surface area contributed by atoms with Crippen LogP contribution in [0, 0.1) is 13.8 Å². The lowest BCUT2D eigenvalue weighted by atomic mass is 9.84. The van der Waals surface area contributed by atoms with Gasteiger partial charge in [-0.3, -0.25) is 0 Å². The number of rotatable bonds is 2. The summed E-state index contributed by atoms with van der Waals surface area (Å²) < 4.78 is 5.30. The molecule has 1 heterocycles. The number of halogens is 1. The van der Waals surface area contributed by atoms with Crippen LogP contribution in [0.5, 0.6) is 5.75 Å². The average molecular weight is 254 g/mol. The summed E-state index contributed by atoms with van der Waals surface area (Å²) in [5.74, 6) is 1.43. The Balaban J connectivity index is 2.42. The Bertz CT molecular complexity index is 411. The van der Waals surface area contributed by atoms with E-state index in [9.17, 15) is 0 Å². The van der Waals surface area contributed by atoms with Crippen LogP contribution in [-0.2, 0) is 0 Å². The molecule has 1 N–H and O–H groups in total. The summed E-state index contributed by atoms with van der Waals surface area (Å²) in [7, 11) is 1.67. The highest BCUT2D eigenvalue weighted by Crippen LogP contribution is 2.38. The Hall–Kier alpha value is -0.730. The van der Waals surface area contributed by atoms with Gasteiger partial charge in [0.05, 0.1) is 12.1 Å². The van der Waals surface area contributed by atoms with Crippen molar-refractivity contribution in [3.63, 3.8) is 0 Å². The number of piperidine rings is 1. The molecule has 0 spiro atoms. The van der Waals surface area contributed by atoms with Gasteiger partial charge in [-0.15, -0.1) is 0 Å². The van der Waals surface area contributed by atoms with E-state index in [1.807, 2.05) is 0 Å². The molecule has 1 aromatic rings. The molecule has 1 aromatic carbocycles. The minimum atomic E-state index is 0.639. The van der Waals surface area contributed by atoms with Gasteiger partial charge < -0.3 is 10.1 Å². The second-order valence-electron chi connectivity index (χ2n) is 4.77. The van der Waals surface area contributed by atoms with E-state index in [1.165, 1.54) is 29.5 Å². The smallest absolute Gasteiger partial charge is 0.138 e. The molecule has 94 valence electrons. The Morgan fingerprint density at radius 1 is 1.29 bits per heavy atom. The van der Waals surface area contributed by atoms with Crippen LogP contribution in [0.3, 0.4) is 0 Å². The third-order valence-corrected chi connectivity index (χ3v) is 4.16. The molecule has 1 fully saturated rings. The molecule has 0 radical (unpaired) electrons. The van der Waals surface area contributed by atoms with Crippen LogP contribution in [0.4, 0.5) is 0 Å². The first-order valence-corrected chi connectivity index (χ1v) is 6.57. The summed E-state index contributed by atoms with van der Waals surface area (Å²) in [6.45, 7) is 6.47. The highest BCUT2D eigenvalue weighted by Gasteiger charge is 2.21. The lowest BCUT2D eigenvalue weighted by molar-refractivity contribution is 0.413. The lowest BCUT2D eigenvalue weighted by Gasteiger charge is -2.27. The first-order chi connectivity index (χ1) is 8.15. The van der Waals surface area contributed by atoms with Crippen LogP contribution in [0.1, 0.15) is 35.4 Å². The van der Waals surface area contributed by atoms with Gasteiger partial charge in [0, 0.05) is 0 Å². The van der Waals surface area contributed by atoms with Crippen LogP contribution in [-0.4, -0.2) is 20.2 Å². The van der Waals surface area contributed by atoms with Crippen LogP contribution in [0.15, 0.2) is 6.07 Å². The third kappa shape index (κ3) is 2.43. The van der Waals surface area contributed by atoms with Crippen molar-refractivity contribution in [3.05, 3.63) is 27.8 Å². The largest absolute Gasteiger partial charge is 0.495 e. The second-order valence-corrected chi connectivity index (χ2v) is 5.15. The van der Waals surface area contributed by atoms with Gasteiger partial charge in [0.1, 0.15) is 5.75 Å². The van der Waals surface area contributed by atoms with Gasteiger partial charge in [-0.25, -0.2) is 0 Å². The molecular formula is C14H20ClNO. The molecule has 0 unspecified atom stereocenters. The standard InChI is InChI=1S/C14H20ClNO/c1-9-8-12(17-3)14(15)10(2)13(9)11-4-6-16-7-5-11/h8,11,16H,4-7H2,1-3H3. The van der Waals surface area contributed by atoms with Crippen molar-refractivity contribution < 1.29 is 4.74 Å². The molecule has 0 amide bonds. The third-order valence-electron chi connectivity index (χ3n) is 3.69. The van der Waals surface area contributed by atoms with Gasteiger partial charge in [0.2, 0.25) is 0 Å². The van der Waals surface area contributed by atoms with E-state index in [0.717, 1.165) is 23.9 Å². The summed E-state index contributed by atoms with van der Waals surface area (Å²) in [6, 6.07) is 2.06. The van der Waals surface area contributed by atoms with Crippen LogP contribution < -0.4 is 10.1 Å². The van der Waals surface area contributed by atoms with Crippen molar-refractivity contribution in [1.82, 2.24) is 5.32 Å². The Labute approximate surface area is 108 Å². The van der Waals surface area contributed by atoms with E-state index in [-0.39, 0.29) is 0 Å². The number of hydrogen-bond donors (Lipinski definition) is 1. The average Bonchev–Trinajstić information content (AvgIpc) is 2.35. The number of aryl methyl sites for hydroxylation is 1. The number of benzene rings is 1. The fourth-order valence-corrected chi connectivity index (χ4v) is 3.06. The van der Waals surface area contributed by atoms with E-state index in [1.54, 1.807) is 7.11 Å². The zero-order valence-electron chi connectivity index (χ0n) is 10.8. The Kier molecular flexibility index (Phi) is 3.95. The summed E-state index contributed by atoms with van der Waals surface area (Å²) in [5.41, 5.74) is 3.92. The first kappa shape index (κ1) is 12.7. The molecule has 0 aromatic heterocycles. The molecule has 0 aliphatic carbocycles. The topological polar surface area (TPSA) is 21.3 Å². The number of ether oxygens (including phenoxy) is 1. The van der Waals surface area contributed by atoms with Crippen molar-refractivity contribution in [2.45, 2.75) is 32.6 Å². The fourth-order valence-electron chi connectivity index (χ4n) is 2.82. The number of nitrogens with one attached hydrogen (secondary N) is 1. The first-order valence-electron chi connectivity index (χ1n) is 6.19. The van der Waals surface area contributed by atoms with Gasteiger partial charge in [-0.2, -0.15) is 0 Å². The normalized spacial score (nSPS) is 17.2. The van der Waals surface area contributed by atoms with Gasteiger partial charge >= 0.3 is 0 Å². The number of methoxy groups -OCH3 is 1. The van der Waals surface area contributed by atoms with Crippen molar-refractivity contribution in [2.24, 2.45) is 0 Å². The van der Waals surface area contributed by atoms with E-state index in [4.69, 9.17) is 16.3 Å². The predicted octanol–water partition coefficient (Wildman–Crippen LogP) is 3.43. The molecule has 3 heteroatoms. The van der Waals surface area contributed by atoms with Gasteiger partial charge in [-0.1, -0.05) is 11.6 Å². The summed E-state index contributed by atoms with van der Waals surface area (Å²) >= 11 is 6.35. The van der Waals surface area contributed by atoms with E-state index >= 15 is 0 Å². The maximum absolute atomic E-state index is 6.35. The molecular weight excluding hydrogens is 234 g/mol. The van der Waals surface area contributed by atoms with Gasteiger partial charge in [0.15, 0.2) is 0 Å². The lowest BCUT2D eigenvalue weighted by Crippen LogP contribution is -2.27. The molecule has 1 aliphatic heterocycles. The van der Waals surface area contributed by atoms with Crippen molar-refractivity contribution in [2.75, 3.05) is 20.2 Å². The SMILES string of the molecule is COc1cc(C)c(C2CCNCC2)c(C)c1Cl. The fraction of sp³-hybridized carbons (Fsp3) is 0.571. The Morgan fingerprint density at radius 3 is 2.53 bits per heavy atom. The van der Waals surface area contributed by atoms with E-state index < -0.39 is 0 Å². The van der Waals surface area contributed by atoms with Gasteiger partial charge in [-0.05, 0) is 68.5 Å². The zero-order valence-corrected chi connectivity index (χ0v) is 11.5. The Morgan fingerprint density at radius 2 is 1.94 bits per heavy atom. The second kappa shape index (κ2) is 5.28. The van der Waals surface area contributed by atoms with Crippen molar-refractivity contribution >= 4 is 11.6 Å². The minimum Gasteiger partial charge on any atom is -0.495 e. The summed E-state index contributed by atoms with van der Waals surface area (Å²) in [6.07, 6.45) is 2.40. The van der Waals surface area contributed by atoms with E-state index in [0.29, 0.717) is 5.92 Å². The van der Waals surface area contributed by atoms with Crippen molar-refractivity contribution in [1.29, 1.82) is 0 Å². The molecule has 2 rings (SSSR count). The molecule has 0 saturated carbocycles. The molecule has 1 saturated heterocycles. The van der Waals surface area contributed by atoms with Crippen LogP contribution in [0.25, 0.3) is 0 Å². The highest BCUT2D eigenvalue weighted by molar-refractivity contribution is 6.33. The highest BCUT2D eigenvalue weighted by atomic mass is 35.5. The van der Waals surface area contributed by atoms with Gasteiger partial charge in [0.25, 0.3) is 0 Å². The zero-order chi connectivity index (χ0) is 12.4. The summed E-state index contributed by atoms with van der Waals surface area (Å²) in [4.78, 5) is 0. The maximum atomic E-state index is 6.35. The summed E-state index contributed by atoms with van der Waals surface area (Å²) in [5, 5.41) is 4.17. The quantitative estimate of drug-likeness (QED) is 0.872. The number of hydrogen-bond acceptors (Lipinski definition) is 2. The molecule has 0 atom stereocenters. The molecule has 17 heavy (non-hydrogen) atoms. The maximum Gasteiger partial charge on any atom is 0.138 e. The van der Waals surface area contributed by atoms with Crippen molar-refractivity contribution in [3.8, 4) is 5.75 Å². The van der Waals surface area contributed by atoms with Crippen LogP contribution >= 0.6 is 11.6 Å². The molecule has 1 aliphatic rings. The van der Waals surface area contributed by atoms with E-state index in [2.05, 4.69) is 25.2 Å². The van der Waals surface area contributed by atoms with Crippen LogP contribution in [0.2, 0.25) is 5.02 Å². The molecule has 0 bridgehead atoms. The molecule has 2 nitrogen and oxygen atoms in total. The minimum absolute atomic E-state index is 0.639. The monoisotopic (exact) mass is 253 g/mol.